The van der Waals surface area contributed by atoms with Gasteiger partial charge < -0.3 is 14.7 Å². The molecular formula is C12H11NO5. The number of rotatable bonds is 3. The predicted molar refractivity (Wildman–Crippen MR) is 61.6 cm³/mol. The summed E-state index contributed by atoms with van der Waals surface area (Å²) in [5.74, 6) is -1.01. The molecule has 3 N–H and O–H groups in total. The van der Waals surface area contributed by atoms with Gasteiger partial charge in [-0.25, -0.2) is 10.0 Å². The minimum absolute atomic E-state index is 0.167. The number of benzene rings is 1. The number of quaternary nitrogens is 1. The van der Waals surface area contributed by atoms with Gasteiger partial charge in [0.25, 0.3) is 0 Å². The molecule has 0 saturated carbocycles. The maximum absolute atomic E-state index is 11.0. The molecule has 6 nitrogen and oxygen atoms in total. The third-order valence-corrected chi connectivity index (χ3v) is 2.57. The van der Waals surface area contributed by atoms with Gasteiger partial charge in [0.1, 0.15) is 5.76 Å². The van der Waals surface area contributed by atoms with Gasteiger partial charge in [-0.1, -0.05) is 12.1 Å². The molecule has 0 aliphatic rings. The molecule has 0 spiro atoms. The highest BCUT2D eigenvalue weighted by molar-refractivity contribution is 5.85. The van der Waals surface area contributed by atoms with Crippen LogP contribution in [0.1, 0.15) is 16.1 Å². The van der Waals surface area contributed by atoms with Gasteiger partial charge in [0, 0.05) is 17.2 Å². The van der Waals surface area contributed by atoms with E-state index in [1.54, 1.807) is 19.1 Å². The molecule has 1 heterocycles. The lowest BCUT2D eigenvalue weighted by molar-refractivity contribution is -0.991. The molecule has 1 aromatic heterocycles. The average Bonchev–Trinajstić information content (AvgIpc) is 2.78. The lowest BCUT2D eigenvalue weighted by Gasteiger charge is -2.14. The van der Waals surface area contributed by atoms with E-state index in [1.165, 1.54) is 18.2 Å². The molecule has 1 unspecified atom stereocenters. The number of nitrogens with one attached hydrogen (secondary N) is 1. The van der Waals surface area contributed by atoms with Crippen LogP contribution in [-0.2, 0) is 0 Å². The van der Waals surface area contributed by atoms with Crippen molar-refractivity contribution < 1.29 is 24.8 Å². The van der Waals surface area contributed by atoms with Crippen molar-refractivity contribution in [2.45, 2.75) is 6.92 Å². The second kappa shape index (κ2) is 4.61. The third kappa shape index (κ3) is 2.25. The fraction of sp³-hybridized carbons (Fsp3) is 0.0833. The summed E-state index contributed by atoms with van der Waals surface area (Å²) < 4.78 is 5.11. The van der Waals surface area contributed by atoms with Crippen LogP contribution < -0.4 is 5.23 Å². The monoisotopic (exact) mass is 249 g/mol. The summed E-state index contributed by atoms with van der Waals surface area (Å²) in [4.78, 5) is 10.7. The van der Waals surface area contributed by atoms with Crippen LogP contribution in [0.25, 0.3) is 11.3 Å². The molecule has 0 bridgehead atoms. The van der Waals surface area contributed by atoms with E-state index < -0.39 is 11.2 Å². The van der Waals surface area contributed by atoms with Gasteiger partial charge in [0.2, 0.25) is 5.76 Å². The highest BCUT2D eigenvalue weighted by atomic mass is 16.8. The number of carboxylic acid groups (broad SMARTS) is 1. The zero-order chi connectivity index (χ0) is 13.3. The van der Waals surface area contributed by atoms with Gasteiger partial charge in [-0.05, 0) is 19.1 Å². The quantitative estimate of drug-likeness (QED) is 0.713. The minimum Gasteiger partial charge on any atom is -0.595 e. The fourth-order valence-corrected chi connectivity index (χ4v) is 1.61. The summed E-state index contributed by atoms with van der Waals surface area (Å²) in [5, 5.41) is 27.7. The first-order valence-corrected chi connectivity index (χ1v) is 5.16. The lowest BCUT2D eigenvalue weighted by atomic mass is 10.1. The number of furan rings is 1. The highest BCUT2D eigenvalue weighted by Gasteiger charge is 2.13. The molecule has 0 amide bonds. The second-order valence-electron chi connectivity index (χ2n) is 3.80. The number of carbonyl (C=O) groups is 1. The van der Waals surface area contributed by atoms with Gasteiger partial charge in [-0.2, -0.15) is 5.23 Å². The predicted octanol–water partition coefficient (Wildman–Crippen LogP) is 1.36. The first kappa shape index (κ1) is 12.3. The Labute approximate surface area is 102 Å². The zero-order valence-electron chi connectivity index (χ0n) is 9.51. The molecule has 18 heavy (non-hydrogen) atoms. The molecule has 2 aromatic rings. The van der Waals surface area contributed by atoms with Crippen LogP contribution in [0.15, 0.2) is 34.7 Å². The van der Waals surface area contributed by atoms with Crippen LogP contribution in [0.2, 0.25) is 0 Å². The van der Waals surface area contributed by atoms with E-state index in [4.69, 9.17) is 14.7 Å². The SMILES string of the molecule is Cc1ccc(-c2ccc(C(=O)O)o2)cc1[NH+]([O-])O. The Morgan fingerprint density at radius 2 is 2.06 bits per heavy atom. The van der Waals surface area contributed by atoms with Gasteiger partial charge in [0.15, 0.2) is 5.69 Å². The first-order chi connectivity index (χ1) is 8.49. The van der Waals surface area contributed by atoms with Gasteiger partial charge in [0.05, 0.1) is 0 Å². The van der Waals surface area contributed by atoms with Gasteiger partial charge >= 0.3 is 5.97 Å². The van der Waals surface area contributed by atoms with E-state index in [0.29, 0.717) is 16.9 Å². The molecule has 1 atom stereocenters. The minimum atomic E-state index is -1.16. The topological polar surface area (TPSA) is 98.2 Å². The Balaban J connectivity index is 2.44. The van der Waals surface area contributed by atoms with Crippen LogP contribution in [0.3, 0.4) is 0 Å². The van der Waals surface area contributed by atoms with Crippen LogP contribution in [0.4, 0.5) is 5.69 Å². The summed E-state index contributed by atoms with van der Waals surface area (Å²) in [6.45, 7) is 1.69. The average molecular weight is 249 g/mol. The highest BCUT2D eigenvalue weighted by Crippen LogP contribution is 2.25. The normalized spacial score (nSPS) is 12.4. The molecule has 6 heteroatoms. The van der Waals surface area contributed by atoms with Crippen molar-refractivity contribution in [3.63, 3.8) is 0 Å². The van der Waals surface area contributed by atoms with Crippen LogP contribution in [-0.4, -0.2) is 16.3 Å². The largest absolute Gasteiger partial charge is 0.595 e. The summed E-state index contributed by atoms with van der Waals surface area (Å²) in [6.07, 6.45) is 0. The van der Waals surface area contributed by atoms with E-state index >= 15 is 0 Å². The van der Waals surface area contributed by atoms with Crippen molar-refractivity contribution in [1.29, 1.82) is 0 Å². The molecular weight excluding hydrogens is 238 g/mol. The van der Waals surface area contributed by atoms with Crippen molar-refractivity contribution in [2.24, 2.45) is 0 Å². The van der Waals surface area contributed by atoms with Crippen molar-refractivity contribution in [3.8, 4) is 11.3 Å². The number of hydrogen-bond donors (Lipinski definition) is 3. The van der Waals surface area contributed by atoms with Crippen molar-refractivity contribution in [3.05, 3.63) is 46.9 Å². The summed E-state index contributed by atoms with van der Waals surface area (Å²) in [5.41, 5.74) is 1.34. The van der Waals surface area contributed by atoms with Gasteiger partial charge in [-0.3, -0.25) is 0 Å². The third-order valence-electron chi connectivity index (χ3n) is 2.57. The Morgan fingerprint density at radius 3 is 2.61 bits per heavy atom. The van der Waals surface area contributed by atoms with E-state index in [2.05, 4.69) is 0 Å². The Morgan fingerprint density at radius 1 is 1.33 bits per heavy atom. The maximum Gasteiger partial charge on any atom is 0.371 e. The second-order valence-corrected chi connectivity index (χ2v) is 3.80. The van der Waals surface area contributed by atoms with E-state index in [9.17, 15) is 10.0 Å². The Bertz CT molecular complexity index is 588. The van der Waals surface area contributed by atoms with E-state index in [-0.39, 0.29) is 11.4 Å². The zero-order valence-corrected chi connectivity index (χ0v) is 9.51. The van der Waals surface area contributed by atoms with Crippen LogP contribution in [0.5, 0.6) is 0 Å². The Hall–Kier alpha value is -2.15. The standard InChI is InChI=1S/C12H11NO5/c1-7-2-3-8(6-9(7)13(16)17)10-4-5-11(18-10)12(14)15/h2-6,13,16H,1H3,(H,14,15). The number of aryl methyl sites for hydroxylation is 1. The first-order valence-electron chi connectivity index (χ1n) is 5.16. The molecule has 0 aliphatic heterocycles. The molecule has 94 valence electrons. The smallest absolute Gasteiger partial charge is 0.371 e. The number of aromatic carboxylic acids is 1. The lowest BCUT2D eigenvalue weighted by Crippen LogP contribution is -2.99. The molecule has 0 radical (unpaired) electrons. The van der Waals surface area contributed by atoms with Crippen LogP contribution in [0, 0.1) is 12.1 Å². The summed E-state index contributed by atoms with van der Waals surface area (Å²) in [7, 11) is 0. The summed E-state index contributed by atoms with van der Waals surface area (Å²) in [6, 6.07) is 7.63. The van der Waals surface area contributed by atoms with Gasteiger partial charge in [-0.15, -0.1) is 0 Å². The van der Waals surface area contributed by atoms with Crippen molar-refractivity contribution in [1.82, 2.24) is 0 Å². The van der Waals surface area contributed by atoms with Crippen molar-refractivity contribution >= 4 is 11.7 Å². The molecule has 0 fully saturated rings. The number of carboxylic acids is 1. The number of hydrogen-bond acceptors (Lipinski definition) is 4. The molecule has 0 saturated heterocycles. The maximum atomic E-state index is 11.0. The summed E-state index contributed by atoms with van der Waals surface area (Å²) >= 11 is 0. The molecule has 0 aliphatic carbocycles. The Kier molecular flexibility index (Phi) is 3.15. The van der Waals surface area contributed by atoms with Crippen molar-refractivity contribution in [2.75, 3.05) is 0 Å². The van der Waals surface area contributed by atoms with E-state index in [0.717, 1.165) is 0 Å². The molecule has 1 aromatic carbocycles. The van der Waals surface area contributed by atoms with Crippen LogP contribution >= 0.6 is 0 Å². The van der Waals surface area contributed by atoms with E-state index in [1.807, 2.05) is 0 Å². The molecule has 2 rings (SSSR count). The fourth-order valence-electron chi connectivity index (χ4n) is 1.61.